The Morgan fingerprint density at radius 2 is 1.72 bits per heavy atom. The number of carbonyl (C=O) groups excluding carboxylic acids is 2. The first kappa shape index (κ1) is 28.5. The fourth-order valence-corrected chi connectivity index (χ4v) is 5.55. The van der Waals surface area contributed by atoms with E-state index in [9.17, 15) is 14.0 Å². The minimum atomic E-state index is -0.319. The van der Waals surface area contributed by atoms with E-state index in [1.807, 2.05) is 49.4 Å². The summed E-state index contributed by atoms with van der Waals surface area (Å²) in [4.78, 5) is 28.0. The highest BCUT2D eigenvalue weighted by Crippen LogP contribution is 2.33. The lowest BCUT2D eigenvalue weighted by atomic mass is 9.76. The molecular weight excluding hydrogens is 491 g/mol. The van der Waals surface area contributed by atoms with Crippen LogP contribution in [0.4, 0.5) is 4.39 Å². The first-order valence-electron chi connectivity index (χ1n) is 14.0. The van der Waals surface area contributed by atoms with Gasteiger partial charge in [0.05, 0.1) is 13.0 Å². The summed E-state index contributed by atoms with van der Waals surface area (Å²) in [5.41, 5.74) is 2.89. The van der Waals surface area contributed by atoms with E-state index >= 15 is 0 Å². The van der Waals surface area contributed by atoms with E-state index in [1.165, 1.54) is 12.1 Å². The Morgan fingerprint density at radius 3 is 2.44 bits per heavy atom. The largest absolute Gasteiger partial charge is 0.466 e. The number of hydrogen-bond donors (Lipinski definition) is 1. The van der Waals surface area contributed by atoms with E-state index < -0.39 is 0 Å². The van der Waals surface area contributed by atoms with Gasteiger partial charge in [-0.3, -0.25) is 9.59 Å². The lowest BCUT2D eigenvalue weighted by molar-refractivity contribution is -0.144. The first-order chi connectivity index (χ1) is 18.9. The van der Waals surface area contributed by atoms with Crippen molar-refractivity contribution in [2.45, 2.75) is 57.4 Å². The Labute approximate surface area is 231 Å². The summed E-state index contributed by atoms with van der Waals surface area (Å²) < 4.78 is 19.1. The third kappa shape index (κ3) is 7.76. The Kier molecular flexibility index (Phi) is 9.88. The maximum absolute atomic E-state index is 13.8. The summed E-state index contributed by atoms with van der Waals surface area (Å²) >= 11 is 0. The zero-order valence-corrected chi connectivity index (χ0v) is 23.0. The van der Waals surface area contributed by atoms with Crippen LogP contribution in [-0.2, 0) is 14.9 Å². The predicted octanol–water partition coefficient (Wildman–Crippen LogP) is 6.38. The van der Waals surface area contributed by atoms with Crippen LogP contribution in [0.2, 0.25) is 0 Å². The van der Waals surface area contributed by atoms with Gasteiger partial charge < -0.3 is 15.0 Å². The minimum absolute atomic E-state index is 0.104. The van der Waals surface area contributed by atoms with Gasteiger partial charge in [-0.25, -0.2) is 4.39 Å². The number of halogens is 1. The summed E-state index contributed by atoms with van der Waals surface area (Å²) in [6, 6.07) is 24.0. The van der Waals surface area contributed by atoms with Crippen LogP contribution >= 0.6 is 0 Å². The van der Waals surface area contributed by atoms with Gasteiger partial charge in [0.1, 0.15) is 5.82 Å². The smallest absolute Gasteiger partial charge is 0.306 e. The molecule has 5 nitrogen and oxygen atoms in total. The SMILES string of the molecule is CCOC(=O)CC(C)(CCCN1CCC(NC(=O)c2ccccc2-c2cccc(F)c2)CC1)c1ccccc1. The highest BCUT2D eigenvalue weighted by atomic mass is 19.1. The molecular formula is C33H39FN2O3. The molecule has 39 heavy (non-hydrogen) atoms. The van der Waals surface area contributed by atoms with Crippen molar-refractivity contribution in [3.05, 3.63) is 95.8 Å². The van der Waals surface area contributed by atoms with Crippen LogP contribution in [0, 0.1) is 5.82 Å². The average molecular weight is 531 g/mol. The summed E-state index contributed by atoms with van der Waals surface area (Å²) in [6.07, 6.45) is 4.00. The Bertz CT molecular complexity index is 1240. The van der Waals surface area contributed by atoms with E-state index in [0.29, 0.717) is 24.2 Å². The molecule has 3 aromatic rings. The number of ether oxygens (including phenoxy) is 1. The predicted molar refractivity (Wildman–Crippen MR) is 153 cm³/mol. The topological polar surface area (TPSA) is 58.6 Å². The van der Waals surface area contributed by atoms with Crippen LogP contribution in [0.1, 0.15) is 61.9 Å². The second kappa shape index (κ2) is 13.5. The van der Waals surface area contributed by atoms with Crippen LogP contribution in [-0.4, -0.2) is 49.1 Å². The molecule has 1 fully saturated rings. The van der Waals surface area contributed by atoms with Crippen LogP contribution in [0.25, 0.3) is 11.1 Å². The average Bonchev–Trinajstić information content (AvgIpc) is 2.94. The van der Waals surface area contributed by atoms with Crippen LogP contribution in [0.3, 0.4) is 0 Å². The standard InChI is InChI=1S/C33H39FN2O3/c1-3-39-31(37)24-33(2,26-12-5-4-6-13-26)19-10-20-36-21-17-28(18-22-36)35-32(38)30-16-8-7-15-29(30)25-11-9-14-27(34)23-25/h4-9,11-16,23,28H,3,10,17-22,24H2,1-2H3,(H,35,38). The van der Waals surface area contributed by atoms with Crippen molar-refractivity contribution in [1.29, 1.82) is 0 Å². The molecule has 1 atom stereocenters. The number of benzene rings is 3. The molecule has 0 radical (unpaired) electrons. The van der Waals surface area contributed by atoms with Crippen molar-refractivity contribution in [3.8, 4) is 11.1 Å². The normalized spacial score (nSPS) is 15.9. The second-order valence-electron chi connectivity index (χ2n) is 10.7. The van der Waals surface area contributed by atoms with Gasteiger partial charge in [-0.1, -0.05) is 67.6 Å². The summed E-state index contributed by atoms with van der Waals surface area (Å²) in [7, 11) is 0. The molecule has 4 rings (SSSR count). The molecule has 1 aliphatic rings. The molecule has 0 spiro atoms. The lowest BCUT2D eigenvalue weighted by Crippen LogP contribution is -2.45. The van der Waals surface area contributed by atoms with Crippen LogP contribution < -0.4 is 5.32 Å². The summed E-state index contributed by atoms with van der Waals surface area (Å²) in [6.45, 7) is 7.17. The molecule has 1 unspecified atom stereocenters. The maximum Gasteiger partial charge on any atom is 0.306 e. The molecule has 1 amide bonds. The van der Waals surface area contributed by atoms with Gasteiger partial charge in [0.25, 0.3) is 5.91 Å². The number of rotatable bonds is 11. The number of likely N-dealkylation sites (tertiary alicyclic amines) is 1. The molecule has 1 saturated heterocycles. The monoisotopic (exact) mass is 530 g/mol. The van der Waals surface area contributed by atoms with Gasteiger partial charge >= 0.3 is 5.97 Å². The Morgan fingerprint density at radius 1 is 1.00 bits per heavy atom. The van der Waals surface area contributed by atoms with Crippen molar-refractivity contribution < 1.29 is 18.7 Å². The number of nitrogens with zero attached hydrogens (tertiary/aromatic N) is 1. The number of amides is 1. The van der Waals surface area contributed by atoms with Gasteiger partial charge in [-0.2, -0.15) is 0 Å². The molecule has 0 saturated carbocycles. The minimum Gasteiger partial charge on any atom is -0.466 e. The van der Waals surface area contributed by atoms with Crippen molar-refractivity contribution >= 4 is 11.9 Å². The van der Waals surface area contributed by atoms with Gasteiger partial charge in [-0.05, 0) is 74.0 Å². The van der Waals surface area contributed by atoms with E-state index in [2.05, 4.69) is 29.3 Å². The number of carbonyl (C=O) groups is 2. The first-order valence-corrected chi connectivity index (χ1v) is 14.0. The van der Waals surface area contributed by atoms with E-state index in [0.717, 1.165) is 56.4 Å². The van der Waals surface area contributed by atoms with Crippen molar-refractivity contribution in [2.24, 2.45) is 0 Å². The quantitative estimate of drug-likeness (QED) is 0.292. The van der Waals surface area contributed by atoms with Crippen molar-refractivity contribution in [1.82, 2.24) is 10.2 Å². The fraction of sp³-hybridized carbons (Fsp3) is 0.394. The van der Waals surface area contributed by atoms with Gasteiger partial charge in [-0.15, -0.1) is 0 Å². The van der Waals surface area contributed by atoms with E-state index in [4.69, 9.17) is 4.74 Å². The zero-order valence-electron chi connectivity index (χ0n) is 23.0. The van der Waals surface area contributed by atoms with Gasteiger partial charge in [0, 0.05) is 30.1 Å². The highest BCUT2D eigenvalue weighted by molar-refractivity contribution is 6.01. The zero-order chi connectivity index (χ0) is 27.7. The third-order valence-corrected chi connectivity index (χ3v) is 7.74. The van der Waals surface area contributed by atoms with E-state index in [1.54, 1.807) is 12.1 Å². The summed E-state index contributed by atoms with van der Waals surface area (Å²) in [5.74, 6) is -0.592. The molecule has 6 heteroatoms. The van der Waals surface area contributed by atoms with Gasteiger partial charge in [0.2, 0.25) is 0 Å². The molecule has 3 aromatic carbocycles. The van der Waals surface area contributed by atoms with Crippen LogP contribution in [0.15, 0.2) is 78.9 Å². The molecule has 1 N–H and O–H groups in total. The molecule has 0 bridgehead atoms. The number of piperidine rings is 1. The summed E-state index contributed by atoms with van der Waals surface area (Å²) in [5, 5.41) is 3.21. The number of nitrogens with one attached hydrogen (secondary N) is 1. The van der Waals surface area contributed by atoms with Crippen LogP contribution in [0.5, 0.6) is 0 Å². The van der Waals surface area contributed by atoms with Gasteiger partial charge in [0.15, 0.2) is 0 Å². The Balaban J connectivity index is 1.29. The Hall–Kier alpha value is -3.51. The highest BCUT2D eigenvalue weighted by Gasteiger charge is 2.30. The molecule has 1 aliphatic heterocycles. The lowest BCUT2D eigenvalue weighted by Gasteiger charge is -2.34. The fourth-order valence-electron chi connectivity index (χ4n) is 5.55. The van der Waals surface area contributed by atoms with Crippen molar-refractivity contribution in [2.75, 3.05) is 26.2 Å². The molecule has 0 aromatic heterocycles. The second-order valence-corrected chi connectivity index (χ2v) is 10.7. The molecule has 206 valence electrons. The van der Waals surface area contributed by atoms with E-state index in [-0.39, 0.29) is 29.2 Å². The third-order valence-electron chi connectivity index (χ3n) is 7.74. The molecule has 0 aliphatic carbocycles. The van der Waals surface area contributed by atoms with Crippen molar-refractivity contribution in [3.63, 3.8) is 0 Å². The maximum atomic E-state index is 13.8. The number of esters is 1. The number of hydrogen-bond acceptors (Lipinski definition) is 4. The molecule has 1 heterocycles.